The lowest BCUT2D eigenvalue weighted by atomic mass is 10.2. The fraction of sp³-hybridized carbons (Fsp3) is 0.250. The molecule has 1 atom stereocenters. The topological polar surface area (TPSA) is 79.3 Å². The van der Waals surface area contributed by atoms with Gasteiger partial charge in [-0.1, -0.05) is 19.1 Å². The quantitative estimate of drug-likeness (QED) is 0.883. The van der Waals surface area contributed by atoms with Crippen molar-refractivity contribution in [2.75, 3.05) is 0 Å². The van der Waals surface area contributed by atoms with Crippen LogP contribution in [0.15, 0.2) is 24.3 Å². The summed E-state index contributed by atoms with van der Waals surface area (Å²) in [6.07, 6.45) is 0.339. The third-order valence-electron chi connectivity index (χ3n) is 2.50. The van der Waals surface area contributed by atoms with E-state index in [9.17, 15) is 9.59 Å². The summed E-state index contributed by atoms with van der Waals surface area (Å²) in [5.74, 6) is -1.47. The molecule has 0 saturated heterocycles. The fourth-order valence-corrected chi connectivity index (χ4v) is 2.40. The van der Waals surface area contributed by atoms with E-state index in [-0.39, 0.29) is 5.01 Å². The number of carbonyl (C=O) groups is 2. The third-order valence-corrected chi connectivity index (χ3v) is 3.53. The highest BCUT2D eigenvalue weighted by atomic mass is 32.1. The van der Waals surface area contributed by atoms with E-state index in [2.05, 4.69) is 10.3 Å². The second-order valence-electron chi connectivity index (χ2n) is 3.76. The van der Waals surface area contributed by atoms with Crippen molar-refractivity contribution in [1.82, 2.24) is 10.3 Å². The van der Waals surface area contributed by atoms with E-state index in [1.165, 1.54) is 11.3 Å². The second-order valence-corrected chi connectivity index (χ2v) is 4.79. The Kier molecular flexibility index (Phi) is 3.57. The van der Waals surface area contributed by atoms with E-state index in [1.54, 1.807) is 6.92 Å². The van der Waals surface area contributed by atoms with Crippen molar-refractivity contribution in [3.63, 3.8) is 0 Å². The highest BCUT2D eigenvalue weighted by Gasteiger charge is 2.20. The molecule has 1 unspecified atom stereocenters. The Bertz CT molecular complexity index is 561. The first kappa shape index (κ1) is 12.5. The van der Waals surface area contributed by atoms with Crippen molar-refractivity contribution >= 4 is 33.4 Å². The zero-order chi connectivity index (χ0) is 13.1. The number of carbonyl (C=O) groups excluding carboxylic acids is 1. The summed E-state index contributed by atoms with van der Waals surface area (Å²) in [7, 11) is 0. The standard InChI is InChI=1S/C12H12N2O3S/c1-2-7(12(16)17)13-10(15)11-14-8-5-3-4-6-9(8)18-11/h3-7H,2H2,1H3,(H,13,15)(H,16,17). The number of nitrogens with zero attached hydrogens (tertiary/aromatic N) is 1. The molecule has 0 aliphatic rings. The Balaban J connectivity index is 2.20. The molecule has 2 rings (SSSR count). The third kappa shape index (κ3) is 2.48. The molecule has 0 bridgehead atoms. The Labute approximate surface area is 107 Å². The van der Waals surface area contributed by atoms with Crippen LogP contribution in [0.1, 0.15) is 23.1 Å². The molecule has 94 valence electrons. The predicted molar refractivity (Wildman–Crippen MR) is 68.8 cm³/mol. The van der Waals surface area contributed by atoms with Gasteiger partial charge >= 0.3 is 5.97 Å². The molecule has 0 aliphatic heterocycles. The average Bonchev–Trinajstić information content (AvgIpc) is 2.79. The molecule has 0 aliphatic carbocycles. The number of aromatic nitrogens is 1. The number of benzene rings is 1. The summed E-state index contributed by atoms with van der Waals surface area (Å²) in [5, 5.41) is 11.6. The fourth-order valence-electron chi connectivity index (χ4n) is 1.53. The number of amides is 1. The summed E-state index contributed by atoms with van der Waals surface area (Å²) in [5.41, 5.74) is 0.746. The number of rotatable bonds is 4. The Morgan fingerprint density at radius 1 is 1.44 bits per heavy atom. The highest BCUT2D eigenvalue weighted by molar-refractivity contribution is 7.20. The SMILES string of the molecule is CCC(NC(=O)c1nc2ccccc2s1)C(=O)O. The van der Waals surface area contributed by atoms with E-state index >= 15 is 0 Å². The molecule has 0 fully saturated rings. The van der Waals surface area contributed by atoms with Crippen LogP contribution in [0.4, 0.5) is 0 Å². The Morgan fingerprint density at radius 3 is 2.78 bits per heavy atom. The van der Waals surface area contributed by atoms with Gasteiger partial charge in [0.1, 0.15) is 6.04 Å². The molecular weight excluding hydrogens is 252 g/mol. The smallest absolute Gasteiger partial charge is 0.326 e. The van der Waals surface area contributed by atoms with Gasteiger partial charge in [-0.25, -0.2) is 9.78 Å². The summed E-state index contributed by atoms with van der Waals surface area (Å²) in [6, 6.07) is 6.53. The maximum atomic E-state index is 11.9. The van der Waals surface area contributed by atoms with Crippen LogP contribution in [0.5, 0.6) is 0 Å². The first-order chi connectivity index (χ1) is 8.61. The van der Waals surface area contributed by atoms with Crippen molar-refractivity contribution in [1.29, 1.82) is 0 Å². The van der Waals surface area contributed by atoms with Crippen molar-refractivity contribution in [2.24, 2.45) is 0 Å². The molecule has 6 heteroatoms. The summed E-state index contributed by atoms with van der Waals surface area (Å²) in [4.78, 5) is 26.9. The van der Waals surface area contributed by atoms with Gasteiger partial charge in [-0.2, -0.15) is 0 Å². The van der Waals surface area contributed by atoms with Gasteiger partial charge in [0.25, 0.3) is 5.91 Å². The number of carboxylic acids is 1. The minimum Gasteiger partial charge on any atom is -0.480 e. The molecule has 0 saturated carbocycles. The Hall–Kier alpha value is -1.95. The molecule has 0 spiro atoms. The van der Waals surface area contributed by atoms with Crippen LogP contribution in [0.2, 0.25) is 0 Å². The minimum absolute atomic E-state index is 0.288. The number of para-hydroxylation sites is 1. The van der Waals surface area contributed by atoms with Gasteiger partial charge in [-0.15, -0.1) is 11.3 Å². The number of thiazole rings is 1. The van der Waals surface area contributed by atoms with Crippen molar-refractivity contribution in [2.45, 2.75) is 19.4 Å². The van der Waals surface area contributed by atoms with Crippen LogP contribution in [0.3, 0.4) is 0 Å². The van der Waals surface area contributed by atoms with E-state index in [1.807, 2.05) is 24.3 Å². The highest BCUT2D eigenvalue weighted by Crippen LogP contribution is 2.21. The molecule has 0 radical (unpaired) electrons. The molecule has 18 heavy (non-hydrogen) atoms. The monoisotopic (exact) mass is 264 g/mol. The maximum Gasteiger partial charge on any atom is 0.326 e. The van der Waals surface area contributed by atoms with Gasteiger partial charge < -0.3 is 10.4 Å². The first-order valence-corrected chi connectivity index (χ1v) is 6.32. The normalized spacial score (nSPS) is 12.3. The molecular formula is C12H12N2O3S. The van der Waals surface area contributed by atoms with E-state index in [4.69, 9.17) is 5.11 Å². The van der Waals surface area contributed by atoms with Crippen LogP contribution in [0.25, 0.3) is 10.2 Å². The number of nitrogens with one attached hydrogen (secondary N) is 1. The summed E-state index contributed by atoms with van der Waals surface area (Å²) < 4.78 is 0.908. The average molecular weight is 264 g/mol. The number of carboxylic acid groups (broad SMARTS) is 1. The van der Waals surface area contributed by atoms with E-state index < -0.39 is 17.9 Å². The molecule has 1 aromatic heterocycles. The zero-order valence-electron chi connectivity index (χ0n) is 9.71. The lowest BCUT2D eigenvalue weighted by Crippen LogP contribution is -2.40. The van der Waals surface area contributed by atoms with Crippen molar-refractivity contribution in [3.05, 3.63) is 29.3 Å². The number of fused-ring (bicyclic) bond motifs is 1. The first-order valence-electron chi connectivity index (χ1n) is 5.51. The van der Waals surface area contributed by atoms with Gasteiger partial charge in [0.05, 0.1) is 10.2 Å². The minimum atomic E-state index is -1.04. The summed E-state index contributed by atoms with van der Waals surface area (Å²) in [6.45, 7) is 1.71. The molecule has 5 nitrogen and oxygen atoms in total. The maximum absolute atomic E-state index is 11.9. The molecule has 2 N–H and O–H groups in total. The van der Waals surface area contributed by atoms with Gasteiger partial charge in [0.15, 0.2) is 5.01 Å². The number of aliphatic carboxylic acids is 1. The zero-order valence-corrected chi connectivity index (χ0v) is 10.5. The van der Waals surface area contributed by atoms with E-state index in [0.717, 1.165) is 10.2 Å². The molecule has 1 aromatic carbocycles. The predicted octanol–water partition coefficient (Wildman–Crippen LogP) is 1.89. The van der Waals surface area contributed by atoms with Crippen molar-refractivity contribution < 1.29 is 14.7 Å². The molecule has 2 aromatic rings. The van der Waals surface area contributed by atoms with E-state index in [0.29, 0.717) is 6.42 Å². The summed E-state index contributed by atoms with van der Waals surface area (Å²) >= 11 is 1.25. The van der Waals surface area contributed by atoms with Crippen LogP contribution in [-0.4, -0.2) is 28.0 Å². The van der Waals surface area contributed by atoms with Gasteiger partial charge in [-0.05, 0) is 18.6 Å². The largest absolute Gasteiger partial charge is 0.480 e. The van der Waals surface area contributed by atoms with Gasteiger partial charge in [0.2, 0.25) is 0 Å². The van der Waals surface area contributed by atoms with Crippen LogP contribution in [0, 0.1) is 0 Å². The lowest BCUT2D eigenvalue weighted by Gasteiger charge is -2.10. The molecule has 1 heterocycles. The van der Waals surface area contributed by atoms with Crippen LogP contribution < -0.4 is 5.32 Å². The number of hydrogen-bond donors (Lipinski definition) is 2. The Morgan fingerprint density at radius 2 is 2.17 bits per heavy atom. The van der Waals surface area contributed by atoms with Crippen LogP contribution in [-0.2, 0) is 4.79 Å². The van der Waals surface area contributed by atoms with Crippen LogP contribution >= 0.6 is 11.3 Å². The second kappa shape index (κ2) is 5.14. The van der Waals surface area contributed by atoms with Crippen molar-refractivity contribution in [3.8, 4) is 0 Å². The molecule has 1 amide bonds. The number of hydrogen-bond acceptors (Lipinski definition) is 4. The lowest BCUT2D eigenvalue weighted by molar-refractivity contribution is -0.139. The van der Waals surface area contributed by atoms with Gasteiger partial charge in [-0.3, -0.25) is 4.79 Å². The van der Waals surface area contributed by atoms with Gasteiger partial charge in [0, 0.05) is 0 Å².